The average Bonchev–Trinajstić information content (AvgIpc) is 2.93. The number of carbonyl (C=O) groups is 1. The van der Waals surface area contributed by atoms with Gasteiger partial charge in [-0.3, -0.25) is 4.79 Å². The standard InChI is InChI=1S/C12H20N4O6S/c1-20-8-12-14-10(15-22-12)6-13-11(17)5-9-7-21-4-3-16(9)23(2,18)19/h9H,3-8H2,1-2H3,(H,13,17). The Morgan fingerprint density at radius 2 is 2.30 bits per heavy atom. The molecule has 0 spiro atoms. The molecule has 1 saturated heterocycles. The third-order valence-corrected chi connectivity index (χ3v) is 4.57. The van der Waals surface area contributed by atoms with Crippen LogP contribution in [0.3, 0.4) is 0 Å². The fraction of sp³-hybridized carbons (Fsp3) is 0.750. The Labute approximate surface area is 134 Å². The molecule has 1 amide bonds. The Bertz CT molecular complexity index is 631. The summed E-state index contributed by atoms with van der Waals surface area (Å²) in [5.41, 5.74) is 0. The fourth-order valence-corrected chi connectivity index (χ4v) is 3.33. The lowest BCUT2D eigenvalue weighted by Gasteiger charge is -2.33. The average molecular weight is 348 g/mol. The van der Waals surface area contributed by atoms with Gasteiger partial charge in [0.25, 0.3) is 5.89 Å². The minimum absolute atomic E-state index is 0.00977. The van der Waals surface area contributed by atoms with Crippen molar-refractivity contribution in [1.29, 1.82) is 0 Å². The van der Waals surface area contributed by atoms with Crippen LogP contribution in [-0.2, 0) is 37.4 Å². The van der Waals surface area contributed by atoms with E-state index in [4.69, 9.17) is 14.0 Å². The third-order valence-electron chi connectivity index (χ3n) is 3.24. The van der Waals surface area contributed by atoms with Gasteiger partial charge in [-0.15, -0.1) is 0 Å². The van der Waals surface area contributed by atoms with Gasteiger partial charge in [-0.05, 0) is 0 Å². The van der Waals surface area contributed by atoms with Crippen LogP contribution in [-0.4, -0.2) is 67.9 Å². The molecule has 0 aliphatic carbocycles. The largest absolute Gasteiger partial charge is 0.378 e. The molecule has 1 aromatic rings. The molecule has 23 heavy (non-hydrogen) atoms. The predicted octanol–water partition coefficient (Wildman–Crippen LogP) is -1.12. The molecule has 1 aliphatic rings. The van der Waals surface area contributed by atoms with Crippen molar-refractivity contribution in [2.75, 3.05) is 33.1 Å². The molecule has 1 fully saturated rings. The molecule has 0 radical (unpaired) electrons. The molecular formula is C12H20N4O6S. The van der Waals surface area contributed by atoms with E-state index in [1.54, 1.807) is 0 Å². The van der Waals surface area contributed by atoms with Gasteiger partial charge in [-0.2, -0.15) is 9.29 Å². The molecule has 130 valence electrons. The summed E-state index contributed by atoms with van der Waals surface area (Å²) in [5.74, 6) is 0.332. The van der Waals surface area contributed by atoms with Crippen LogP contribution in [0.5, 0.6) is 0 Å². The van der Waals surface area contributed by atoms with Crippen LogP contribution in [0, 0.1) is 0 Å². The number of ether oxygens (including phenoxy) is 2. The van der Waals surface area contributed by atoms with Gasteiger partial charge in [0.05, 0.1) is 32.1 Å². The van der Waals surface area contributed by atoms with Crippen LogP contribution in [0.15, 0.2) is 4.52 Å². The van der Waals surface area contributed by atoms with E-state index in [1.807, 2.05) is 0 Å². The summed E-state index contributed by atoms with van der Waals surface area (Å²) in [5, 5.41) is 6.33. The van der Waals surface area contributed by atoms with Gasteiger partial charge in [0.2, 0.25) is 15.9 Å². The van der Waals surface area contributed by atoms with E-state index in [0.717, 1.165) is 6.26 Å². The number of hydrogen-bond acceptors (Lipinski definition) is 8. The third kappa shape index (κ3) is 5.23. The number of sulfonamides is 1. The molecule has 1 aliphatic heterocycles. The van der Waals surface area contributed by atoms with Crippen molar-refractivity contribution in [3.8, 4) is 0 Å². The van der Waals surface area contributed by atoms with Crippen LogP contribution < -0.4 is 5.32 Å². The second kappa shape index (κ2) is 7.81. The van der Waals surface area contributed by atoms with Crippen molar-refractivity contribution in [2.45, 2.75) is 25.6 Å². The Morgan fingerprint density at radius 1 is 1.52 bits per heavy atom. The van der Waals surface area contributed by atoms with Gasteiger partial charge in [0.15, 0.2) is 5.82 Å². The van der Waals surface area contributed by atoms with Crippen LogP contribution >= 0.6 is 0 Å². The van der Waals surface area contributed by atoms with Gasteiger partial charge in [-0.25, -0.2) is 8.42 Å². The molecule has 0 bridgehead atoms. The number of aromatic nitrogens is 2. The molecule has 1 aromatic heterocycles. The highest BCUT2D eigenvalue weighted by atomic mass is 32.2. The topological polar surface area (TPSA) is 124 Å². The van der Waals surface area contributed by atoms with Gasteiger partial charge < -0.3 is 19.3 Å². The highest BCUT2D eigenvalue weighted by Crippen LogP contribution is 2.14. The van der Waals surface area contributed by atoms with E-state index in [9.17, 15) is 13.2 Å². The second-order valence-corrected chi connectivity index (χ2v) is 7.06. The monoisotopic (exact) mass is 348 g/mol. The zero-order valence-corrected chi connectivity index (χ0v) is 13.8. The number of nitrogens with zero attached hydrogens (tertiary/aromatic N) is 3. The van der Waals surface area contributed by atoms with E-state index in [0.29, 0.717) is 18.3 Å². The first kappa shape index (κ1) is 17.8. The summed E-state index contributed by atoms with van der Waals surface area (Å²) < 4.78 is 39.7. The van der Waals surface area contributed by atoms with Crippen LogP contribution in [0.25, 0.3) is 0 Å². The molecular weight excluding hydrogens is 328 g/mol. The zero-order valence-electron chi connectivity index (χ0n) is 13.0. The minimum Gasteiger partial charge on any atom is -0.378 e. The molecule has 10 nitrogen and oxygen atoms in total. The lowest BCUT2D eigenvalue weighted by molar-refractivity contribution is -0.123. The predicted molar refractivity (Wildman–Crippen MR) is 77.6 cm³/mol. The van der Waals surface area contributed by atoms with Crippen molar-refractivity contribution >= 4 is 15.9 Å². The lowest BCUT2D eigenvalue weighted by Crippen LogP contribution is -2.50. The van der Waals surface area contributed by atoms with E-state index in [-0.39, 0.29) is 38.6 Å². The normalized spacial score (nSPS) is 19.7. The van der Waals surface area contributed by atoms with Crippen molar-refractivity contribution in [1.82, 2.24) is 19.8 Å². The number of nitrogens with one attached hydrogen (secondary N) is 1. The van der Waals surface area contributed by atoms with Crippen molar-refractivity contribution in [3.05, 3.63) is 11.7 Å². The highest BCUT2D eigenvalue weighted by Gasteiger charge is 2.31. The quantitative estimate of drug-likeness (QED) is 0.657. The van der Waals surface area contributed by atoms with Crippen molar-refractivity contribution in [3.63, 3.8) is 0 Å². The summed E-state index contributed by atoms with van der Waals surface area (Å²) in [6.07, 6.45) is 1.13. The van der Waals surface area contributed by atoms with Gasteiger partial charge in [0, 0.05) is 20.1 Å². The van der Waals surface area contributed by atoms with Crippen molar-refractivity contribution in [2.24, 2.45) is 0 Å². The number of hydrogen-bond donors (Lipinski definition) is 1. The van der Waals surface area contributed by atoms with E-state index < -0.39 is 16.1 Å². The Morgan fingerprint density at radius 3 is 3.00 bits per heavy atom. The molecule has 1 atom stereocenters. The summed E-state index contributed by atoms with van der Waals surface area (Å²) in [7, 11) is -1.87. The first-order valence-electron chi connectivity index (χ1n) is 7.02. The van der Waals surface area contributed by atoms with E-state index in [2.05, 4.69) is 15.5 Å². The number of methoxy groups -OCH3 is 1. The molecule has 1 N–H and O–H groups in total. The summed E-state index contributed by atoms with van der Waals surface area (Å²) in [6, 6.07) is -0.506. The molecule has 0 aromatic carbocycles. The molecule has 1 unspecified atom stereocenters. The molecule has 11 heteroatoms. The number of morpholine rings is 1. The maximum absolute atomic E-state index is 12.0. The Kier molecular flexibility index (Phi) is 6.04. The summed E-state index contributed by atoms with van der Waals surface area (Å²) >= 11 is 0. The summed E-state index contributed by atoms with van der Waals surface area (Å²) in [6.45, 7) is 1.07. The second-order valence-electron chi connectivity index (χ2n) is 5.12. The zero-order chi connectivity index (χ0) is 16.9. The van der Waals surface area contributed by atoms with E-state index >= 15 is 0 Å². The first-order chi connectivity index (χ1) is 10.9. The SMILES string of the molecule is COCc1nc(CNC(=O)CC2COCCN2S(C)(=O)=O)no1. The lowest BCUT2D eigenvalue weighted by atomic mass is 10.2. The number of rotatable bonds is 7. The molecule has 2 rings (SSSR count). The highest BCUT2D eigenvalue weighted by molar-refractivity contribution is 7.88. The number of carbonyl (C=O) groups excluding carboxylic acids is 1. The smallest absolute Gasteiger partial charge is 0.252 e. The molecule has 0 saturated carbocycles. The Balaban J connectivity index is 1.85. The van der Waals surface area contributed by atoms with E-state index in [1.165, 1.54) is 11.4 Å². The summed E-state index contributed by atoms with van der Waals surface area (Å²) in [4.78, 5) is 16.0. The van der Waals surface area contributed by atoms with Gasteiger partial charge >= 0.3 is 0 Å². The van der Waals surface area contributed by atoms with Crippen LogP contribution in [0.4, 0.5) is 0 Å². The fourth-order valence-electron chi connectivity index (χ4n) is 2.24. The minimum atomic E-state index is -3.37. The maximum atomic E-state index is 12.0. The van der Waals surface area contributed by atoms with Crippen LogP contribution in [0.1, 0.15) is 18.1 Å². The molecule has 2 heterocycles. The van der Waals surface area contributed by atoms with Crippen molar-refractivity contribution < 1.29 is 27.2 Å². The maximum Gasteiger partial charge on any atom is 0.252 e. The van der Waals surface area contributed by atoms with Gasteiger partial charge in [0.1, 0.15) is 6.61 Å². The van der Waals surface area contributed by atoms with Crippen LogP contribution in [0.2, 0.25) is 0 Å². The number of amides is 1. The van der Waals surface area contributed by atoms with Gasteiger partial charge in [-0.1, -0.05) is 5.16 Å². The first-order valence-corrected chi connectivity index (χ1v) is 8.86. The Hall–Kier alpha value is -1.56.